The zero-order chi connectivity index (χ0) is 12.3. The fourth-order valence-electron chi connectivity index (χ4n) is 1.79. The number of rotatable bonds is 4. The SMILES string of the molecule is CCC(N)C(C)c1cc(C)ccc1[N+](=O)[O-]. The Hall–Kier alpha value is -1.42. The standard InChI is InChI=1S/C12H18N2O2/c1-4-11(13)9(3)10-7-8(2)5-6-12(10)14(15)16/h5-7,9,11H,4,13H2,1-3H3. The van der Waals surface area contributed by atoms with Crippen LogP contribution in [0.5, 0.6) is 0 Å². The van der Waals surface area contributed by atoms with Gasteiger partial charge in [-0.05, 0) is 19.4 Å². The molecule has 0 aliphatic heterocycles. The van der Waals surface area contributed by atoms with Crippen molar-refractivity contribution in [2.45, 2.75) is 39.2 Å². The molecule has 88 valence electrons. The van der Waals surface area contributed by atoms with Gasteiger partial charge in [0.15, 0.2) is 0 Å². The second-order valence-corrected chi connectivity index (χ2v) is 4.18. The minimum Gasteiger partial charge on any atom is -0.327 e. The van der Waals surface area contributed by atoms with Crippen LogP contribution >= 0.6 is 0 Å². The Bertz CT molecular complexity index is 391. The summed E-state index contributed by atoms with van der Waals surface area (Å²) in [5.74, 6) is 0.00491. The van der Waals surface area contributed by atoms with Crippen molar-refractivity contribution in [3.63, 3.8) is 0 Å². The van der Waals surface area contributed by atoms with E-state index in [1.54, 1.807) is 12.1 Å². The van der Waals surface area contributed by atoms with E-state index in [0.29, 0.717) is 0 Å². The Labute approximate surface area is 95.6 Å². The summed E-state index contributed by atoms with van der Waals surface area (Å²) in [6.07, 6.45) is 0.812. The van der Waals surface area contributed by atoms with Crippen LogP contribution < -0.4 is 5.73 Å². The molecule has 0 aliphatic carbocycles. The number of nitro groups is 1. The average molecular weight is 222 g/mol. The molecule has 0 saturated carbocycles. The van der Waals surface area contributed by atoms with Gasteiger partial charge in [0.25, 0.3) is 5.69 Å². The van der Waals surface area contributed by atoms with Crippen molar-refractivity contribution < 1.29 is 4.92 Å². The Morgan fingerprint density at radius 3 is 2.62 bits per heavy atom. The third kappa shape index (κ3) is 2.58. The fourth-order valence-corrected chi connectivity index (χ4v) is 1.79. The summed E-state index contributed by atoms with van der Waals surface area (Å²) in [7, 11) is 0. The molecule has 2 unspecified atom stereocenters. The van der Waals surface area contributed by atoms with E-state index in [9.17, 15) is 10.1 Å². The van der Waals surface area contributed by atoms with Crippen LogP contribution in [0.15, 0.2) is 18.2 Å². The molecule has 4 nitrogen and oxygen atoms in total. The molecule has 0 radical (unpaired) electrons. The number of benzene rings is 1. The predicted octanol–water partition coefficient (Wildman–Crippen LogP) is 2.74. The van der Waals surface area contributed by atoms with Crippen LogP contribution in [0.1, 0.15) is 37.3 Å². The molecule has 2 N–H and O–H groups in total. The normalized spacial score (nSPS) is 14.5. The smallest absolute Gasteiger partial charge is 0.272 e. The molecule has 2 atom stereocenters. The van der Waals surface area contributed by atoms with E-state index in [2.05, 4.69) is 0 Å². The summed E-state index contributed by atoms with van der Waals surface area (Å²) in [5, 5.41) is 10.9. The lowest BCUT2D eigenvalue weighted by atomic mass is 9.90. The number of nitrogens with zero attached hydrogens (tertiary/aromatic N) is 1. The highest BCUT2D eigenvalue weighted by Crippen LogP contribution is 2.29. The number of aryl methyl sites for hydroxylation is 1. The molecule has 1 aromatic carbocycles. The first kappa shape index (κ1) is 12.6. The maximum absolute atomic E-state index is 10.9. The molecule has 0 fully saturated rings. The van der Waals surface area contributed by atoms with E-state index in [-0.39, 0.29) is 22.6 Å². The topological polar surface area (TPSA) is 69.2 Å². The van der Waals surface area contributed by atoms with Gasteiger partial charge in [-0.15, -0.1) is 0 Å². The van der Waals surface area contributed by atoms with E-state index in [4.69, 9.17) is 5.73 Å². The molecule has 16 heavy (non-hydrogen) atoms. The van der Waals surface area contributed by atoms with E-state index in [0.717, 1.165) is 17.5 Å². The Morgan fingerprint density at radius 1 is 1.50 bits per heavy atom. The van der Waals surface area contributed by atoms with E-state index >= 15 is 0 Å². The molecule has 0 aromatic heterocycles. The summed E-state index contributed by atoms with van der Waals surface area (Å²) in [5.41, 5.74) is 7.87. The van der Waals surface area contributed by atoms with Crippen molar-refractivity contribution in [3.05, 3.63) is 39.4 Å². The van der Waals surface area contributed by atoms with Gasteiger partial charge in [0, 0.05) is 23.6 Å². The van der Waals surface area contributed by atoms with Crippen LogP contribution in [0.4, 0.5) is 5.69 Å². The van der Waals surface area contributed by atoms with Gasteiger partial charge in [0.1, 0.15) is 0 Å². The van der Waals surface area contributed by atoms with Crippen molar-refractivity contribution in [1.29, 1.82) is 0 Å². The van der Waals surface area contributed by atoms with Crippen LogP contribution in [-0.4, -0.2) is 11.0 Å². The molecule has 0 heterocycles. The van der Waals surface area contributed by atoms with Gasteiger partial charge in [-0.25, -0.2) is 0 Å². The second kappa shape index (κ2) is 5.07. The van der Waals surface area contributed by atoms with Crippen LogP contribution in [0, 0.1) is 17.0 Å². The van der Waals surface area contributed by atoms with E-state index in [1.165, 1.54) is 0 Å². The van der Waals surface area contributed by atoms with Gasteiger partial charge in [0.2, 0.25) is 0 Å². The summed E-state index contributed by atoms with van der Waals surface area (Å²) in [4.78, 5) is 10.6. The molecular formula is C12H18N2O2. The Kier molecular flexibility index (Phi) is 4.01. The first-order valence-electron chi connectivity index (χ1n) is 5.47. The molecule has 4 heteroatoms. The Balaban J connectivity index is 3.19. The summed E-state index contributed by atoms with van der Waals surface area (Å²) in [6, 6.07) is 5.13. The highest BCUT2D eigenvalue weighted by Gasteiger charge is 2.22. The molecule has 0 spiro atoms. The molecule has 0 saturated heterocycles. The predicted molar refractivity (Wildman–Crippen MR) is 64.5 cm³/mol. The molecule has 1 rings (SSSR count). The lowest BCUT2D eigenvalue weighted by Crippen LogP contribution is -2.26. The van der Waals surface area contributed by atoms with Crippen molar-refractivity contribution in [3.8, 4) is 0 Å². The van der Waals surface area contributed by atoms with Crippen LogP contribution in [0.3, 0.4) is 0 Å². The summed E-state index contributed by atoms with van der Waals surface area (Å²) in [6.45, 7) is 5.86. The molecule has 1 aromatic rings. The van der Waals surface area contributed by atoms with Crippen LogP contribution in [0.25, 0.3) is 0 Å². The quantitative estimate of drug-likeness (QED) is 0.629. The summed E-state index contributed by atoms with van der Waals surface area (Å²) >= 11 is 0. The van der Waals surface area contributed by atoms with E-state index in [1.807, 2.05) is 26.8 Å². The van der Waals surface area contributed by atoms with Crippen molar-refractivity contribution in [2.75, 3.05) is 0 Å². The number of nitro benzene ring substituents is 1. The maximum atomic E-state index is 10.9. The highest BCUT2D eigenvalue weighted by atomic mass is 16.6. The molecule has 0 aliphatic rings. The van der Waals surface area contributed by atoms with Gasteiger partial charge < -0.3 is 5.73 Å². The average Bonchev–Trinajstić information content (AvgIpc) is 2.26. The minimum atomic E-state index is -0.340. The zero-order valence-electron chi connectivity index (χ0n) is 9.93. The fraction of sp³-hybridized carbons (Fsp3) is 0.500. The van der Waals surface area contributed by atoms with Crippen LogP contribution in [-0.2, 0) is 0 Å². The van der Waals surface area contributed by atoms with E-state index < -0.39 is 0 Å². The number of nitrogens with two attached hydrogens (primary N) is 1. The molecular weight excluding hydrogens is 204 g/mol. The van der Waals surface area contributed by atoms with Crippen molar-refractivity contribution >= 4 is 5.69 Å². The first-order chi connectivity index (χ1) is 7.47. The second-order valence-electron chi connectivity index (χ2n) is 4.18. The van der Waals surface area contributed by atoms with Gasteiger partial charge >= 0.3 is 0 Å². The third-order valence-corrected chi connectivity index (χ3v) is 2.98. The van der Waals surface area contributed by atoms with Crippen molar-refractivity contribution in [2.24, 2.45) is 5.73 Å². The zero-order valence-corrected chi connectivity index (χ0v) is 9.93. The Morgan fingerprint density at radius 2 is 2.12 bits per heavy atom. The monoisotopic (exact) mass is 222 g/mol. The molecule has 0 amide bonds. The van der Waals surface area contributed by atoms with Gasteiger partial charge in [0.05, 0.1) is 4.92 Å². The van der Waals surface area contributed by atoms with Gasteiger partial charge in [-0.3, -0.25) is 10.1 Å². The largest absolute Gasteiger partial charge is 0.327 e. The summed E-state index contributed by atoms with van der Waals surface area (Å²) < 4.78 is 0. The highest BCUT2D eigenvalue weighted by molar-refractivity contribution is 5.45. The maximum Gasteiger partial charge on any atom is 0.272 e. The third-order valence-electron chi connectivity index (χ3n) is 2.98. The van der Waals surface area contributed by atoms with Crippen LogP contribution in [0.2, 0.25) is 0 Å². The lowest BCUT2D eigenvalue weighted by Gasteiger charge is -2.18. The minimum absolute atomic E-state index is 0.00491. The number of hydrogen-bond acceptors (Lipinski definition) is 3. The van der Waals surface area contributed by atoms with Gasteiger partial charge in [-0.1, -0.05) is 25.5 Å². The number of hydrogen-bond donors (Lipinski definition) is 1. The van der Waals surface area contributed by atoms with Crippen molar-refractivity contribution in [1.82, 2.24) is 0 Å². The molecule has 0 bridgehead atoms. The first-order valence-corrected chi connectivity index (χ1v) is 5.47. The lowest BCUT2D eigenvalue weighted by molar-refractivity contribution is -0.385. The van der Waals surface area contributed by atoms with Gasteiger partial charge in [-0.2, -0.15) is 0 Å².